The van der Waals surface area contributed by atoms with E-state index in [9.17, 15) is 4.79 Å². The molecule has 4 nitrogen and oxygen atoms in total. The molecule has 1 fully saturated rings. The quantitative estimate of drug-likeness (QED) is 0.620. The van der Waals surface area contributed by atoms with Crippen molar-refractivity contribution >= 4 is 41.1 Å². The third-order valence-electron chi connectivity index (χ3n) is 5.30. The van der Waals surface area contributed by atoms with E-state index in [0.717, 1.165) is 24.4 Å². The fourth-order valence-electron chi connectivity index (χ4n) is 3.86. The summed E-state index contributed by atoms with van der Waals surface area (Å²) in [5, 5.41) is 1.17. The second-order valence-corrected chi connectivity index (χ2v) is 8.85. The summed E-state index contributed by atoms with van der Waals surface area (Å²) in [6, 6.07) is 12.7. The maximum absolute atomic E-state index is 12.0. The average Bonchev–Trinajstić information content (AvgIpc) is 2.85. The number of carbonyl (C=O) groups excluding carboxylic acids is 1. The van der Waals surface area contributed by atoms with Crippen LogP contribution in [0.3, 0.4) is 0 Å². The molecule has 0 bridgehead atoms. The van der Waals surface area contributed by atoms with E-state index in [1.54, 1.807) is 16.7 Å². The first-order valence-corrected chi connectivity index (χ1v) is 11.0. The van der Waals surface area contributed by atoms with E-state index < -0.39 is 0 Å². The molecule has 148 valence electrons. The van der Waals surface area contributed by atoms with Crippen LogP contribution in [0.2, 0.25) is 10.0 Å². The number of benzene rings is 2. The predicted octanol–water partition coefficient (Wildman–Crippen LogP) is 5.52. The summed E-state index contributed by atoms with van der Waals surface area (Å²) in [4.78, 5) is 18.7. The van der Waals surface area contributed by atoms with Gasteiger partial charge in [-0.3, -0.25) is 4.90 Å². The van der Waals surface area contributed by atoms with Gasteiger partial charge in [-0.15, -0.1) is 0 Å². The average molecular weight is 437 g/mol. The molecule has 7 heteroatoms. The Labute approximate surface area is 179 Å². The number of piperazine rings is 1. The zero-order valence-electron chi connectivity index (χ0n) is 15.7. The number of hydrogen-bond acceptors (Lipinski definition) is 4. The van der Waals surface area contributed by atoms with Crippen molar-refractivity contribution in [2.75, 3.05) is 32.8 Å². The molecule has 1 saturated heterocycles. The van der Waals surface area contributed by atoms with Crippen LogP contribution in [0.15, 0.2) is 46.2 Å². The van der Waals surface area contributed by atoms with Crippen molar-refractivity contribution in [3.63, 3.8) is 0 Å². The van der Waals surface area contributed by atoms with Crippen LogP contribution in [-0.2, 0) is 11.2 Å². The van der Waals surface area contributed by atoms with Gasteiger partial charge in [-0.1, -0.05) is 53.2 Å². The molecule has 2 heterocycles. The van der Waals surface area contributed by atoms with E-state index >= 15 is 0 Å². The van der Waals surface area contributed by atoms with E-state index in [-0.39, 0.29) is 12.1 Å². The second-order valence-electron chi connectivity index (χ2n) is 6.96. The molecule has 28 heavy (non-hydrogen) atoms. The molecular formula is C21H22Cl2N2O2S. The van der Waals surface area contributed by atoms with Crippen molar-refractivity contribution in [3.05, 3.63) is 57.6 Å². The number of rotatable bonds is 2. The van der Waals surface area contributed by atoms with Crippen LogP contribution in [0.25, 0.3) is 0 Å². The first kappa shape index (κ1) is 19.9. The van der Waals surface area contributed by atoms with Crippen molar-refractivity contribution in [1.29, 1.82) is 0 Å². The number of halogens is 2. The highest BCUT2D eigenvalue weighted by molar-refractivity contribution is 7.99. The van der Waals surface area contributed by atoms with Gasteiger partial charge in [-0.25, -0.2) is 4.79 Å². The minimum Gasteiger partial charge on any atom is -0.450 e. The highest BCUT2D eigenvalue weighted by atomic mass is 35.5. The summed E-state index contributed by atoms with van der Waals surface area (Å²) in [5.74, 6) is 0. The third-order valence-corrected chi connectivity index (χ3v) is 7.21. The van der Waals surface area contributed by atoms with Crippen LogP contribution in [-0.4, -0.2) is 48.7 Å². The number of ether oxygens (including phenoxy) is 1. The summed E-state index contributed by atoms with van der Waals surface area (Å²) in [7, 11) is 0. The molecule has 0 aromatic heterocycles. The molecule has 2 aliphatic heterocycles. The van der Waals surface area contributed by atoms with Gasteiger partial charge in [0, 0.05) is 42.0 Å². The molecular weight excluding hydrogens is 415 g/mol. The second kappa shape index (κ2) is 8.54. The summed E-state index contributed by atoms with van der Waals surface area (Å²) in [6.07, 6.45) is 0.687. The minimum atomic E-state index is -0.223. The highest BCUT2D eigenvalue weighted by Crippen LogP contribution is 2.45. The molecule has 2 aliphatic rings. The van der Waals surface area contributed by atoms with E-state index in [4.69, 9.17) is 27.9 Å². The van der Waals surface area contributed by atoms with Crippen LogP contribution in [0.1, 0.15) is 24.1 Å². The van der Waals surface area contributed by atoms with E-state index in [0.29, 0.717) is 29.7 Å². The van der Waals surface area contributed by atoms with Gasteiger partial charge >= 0.3 is 6.09 Å². The smallest absolute Gasteiger partial charge is 0.409 e. The molecule has 0 aliphatic carbocycles. The van der Waals surface area contributed by atoms with Crippen LogP contribution < -0.4 is 0 Å². The lowest BCUT2D eigenvalue weighted by atomic mass is 9.96. The lowest BCUT2D eigenvalue weighted by Crippen LogP contribution is -2.50. The molecule has 1 amide bonds. The molecule has 4 rings (SSSR count). The zero-order chi connectivity index (χ0) is 19.7. The standard InChI is InChI=1S/C21H22Cl2N2O2S/c1-2-27-21(26)25-9-7-24(8-10-25)18-11-14-5-3-4-6-19(14)28-20-13-17(23)16(22)12-15(18)20/h3-6,12-13,18H,2,7-11H2,1H3. The minimum absolute atomic E-state index is 0.199. The van der Waals surface area contributed by atoms with Gasteiger partial charge in [0.1, 0.15) is 0 Å². The maximum atomic E-state index is 12.0. The van der Waals surface area contributed by atoms with Gasteiger partial charge in [-0.05, 0) is 42.7 Å². The van der Waals surface area contributed by atoms with Crippen LogP contribution in [0.5, 0.6) is 0 Å². The highest BCUT2D eigenvalue weighted by Gasteiger charge is 2.31. The Morgan fingerprint density at radius 2 is 1.82 bits per heavy atom. The lowest BCUT2D eigenvalue weighted by molar-refractivity contribution is 0.0652. The molecule has 0 saturated carbocycles. The number of hydrogen-bond donors (Lipinski definition) is 0. The molecule has 1 unspecified atom stereocenters. The van der Waals surface area contributed by atoms with Gasteiger partial charge in [0.25, 0.3) is 0 Å². The fourth-order valence-corrected chi connectivity index (χ4v) is 5.41. The van der Waals surface area contributed by atoms with Crippen molar-refractivity contribution < 1.29 is 9.53 Å². The molecule has 0 radical (unpaired) electrons. The Kier molecular flexibility index (Phi) is 6.07. The Morgan fingerprint density at radius 1 is 1.11 bits per heavy atom. The van der Waals surface area contributed by atoms with Crippen LogP contribution in [0, 0.1) is 0 Å². The van der Waals surface area contributed by atoms with Gasteiger partial charge in [0.15, 0.2) is 0 Å². The molecule has 2 aromatic rings. The molecule has 0 N–H and O–H groups in total. The normalized spacial score (nSPS) is 19.5. The molecule has 0 spiro atoms. The molecule has 1 atom stereocenters. The summed E-state index contributed by atoms with van der Waals surface area (Å²) in [5.41, 5.74) is 2.54. The van der Waals surface area contributed by atoms with Gasteiger partial charge < -0.3 is 9.64 Å². The Hall–Kier alpha value is -1.40. The largest absolute Gasteiger partial charge is 0.450 e. The summed E-state index contributed by atoms with van der Waals surface area (Å²) < 4.78 is 5.15. The Morgan fingerprint density at radius 3 is 2.57 bits per heavy atom. The van der Waals surface area contributed by atoms with Gasteiger partial charge in [-0.2, -0.15) is 0 Å². The first-order valence-electron chi connectivity index (χ1n) is 9.47. The number of amides is 1. The van der Waals surface area contributed by atoms with E-state index in [1.165, 1.54) is 16.0 Å². The SMILES string of the molecule is CCOC(=O)N1CCN(C2Cc3ccccc3Sc3cc(Cl)c(Cl)cc32)CC1. The van der Waals surface area contributed by atoms with Crippen molar-refractivity contribution in [2.45, 2.75) is 29.2 Å². The number of carbonyl (C=O) groups is 1. The van der Waals surface area contributed by atoms with Crippen molar-refractivity contribution in [2.24, 2.45) is 0 Å². The number of nitrogens with zero attached hydrogens (tertiary/aromatic N) is 2. The zero-order valence-corrected chi connectivity index (χ0v) is 18.0. The monoisotopic (exact) mass is 436 g/mol. The maximum Gasteiger partial charge on any atom is 0.409 e. The van der Waals surface area contributed by atoms with Gasteiger partial charge in [0.05, 0.1) is 16.7 Å². The Bertz CT molecular complexity index is 885. The van der Waals surface area contributed by atoms with Crippen molar-refractivity contribution in [3.8, 4) is 0 Å². The Balaban J connectivity index is 1.63. The van der Waals surface area contributed by atoms with E-state index in [2.05, 4.69) is 29.2 Å². The number of fused-ring (bicyclic) bond motifs is 2. The summed E-state index contributed by atoms with van der Waals surface area (Å²) >= 11 is 14.5. The van der Waals surface area contributed by atoms with Gasteiger partial charge in [0.2, 0.25) is 0 Å². The lowest BCUT2D eigenvalue weighted by Gasteiger charge is -2.39. The summed E-state index contributed by atoms with van der Waals surface area (Å²) in [6.45, 7) is 5.18. The van der Waals surface area contributed by atoms with Crippen LogP contribution in [0.4, 0.5) is 4.79 Å². The molecule has 2 aromatic carbocycles. The topological polar surface area (TPSA) is 32.8 Å². The first-order chi connectivity index (χ1) is 13.6. The van der Waals surface area contributed by atoms with Crippen LogP contribution >= 0.6 is 35.0 Å². The third kappa shape index (κ3) is 3.99. The predicted molar refractivity (Wildman–Crippen MR) is 114 cm³/mol. The fraction of sp³-hybridized carbons (Fsp3) is 0.381. The van der Waals surface area contributed by atoms with Crippen molar-refractivity contribution in [1.82, 2.24) is 9.80 Å². The van der Waals surface area contributed by atoms with E-state index in [1.807, 2.05) is 19.1 Å².